The highest BCUT2D eigenvalue weighted by atomic mass is 16.4. The summed E-state index contributed by atoms with van der Waals surface area (Å²) in [6.45, 7) is 16.9. The van der Waals surface area contributed by atoms with E-state index in [0.717, 1.165) is 6.42 Å². The molecule has 0 bridgehead atoms. The largest absolute Gasteiger partial charge is 0.508 e. The van der Waals surface area contributed by atoms with Crippen LogP contribution in [0.2, 0.25) is 0 Å². The molecular weight excluding hydrogens is 1830 g/mol. The molecule has 42 nitrogen and oxygen atoms in total. The number of phenols is 1. The number of carbonyl (C=O) groups is 20. The van der Waals surface area contributed by atoms with Gasteiger partial charge in [-0.2, -0.15) is 0 Å². The molecule has 1 aromatic heterocycles. The summed E-state index contributed by atoms with van der Waals surface area (Å²) in [6, 6.07) is 2.13. The molecule has 1 aliphatic heterocycles. The number of aliphatic hydroxyl groups excluding tert-OH is 2. The number of aromatic amines is 1. The zero-order valence-corrected chi connectivity index (χ0v) is 82.6. The molecule has 1 fully saturated rings. The van der Waals surface area contributed by atoms with Gasteiger partial charge in [0.25, 0.3) is 0 Å². The molecule has 3 aromatic carbocycles. The van der Waals surface area contributed by atoms with Gasteiger partial charge in [-0.05, 0) is 173 Å². The first kappa shape index (κ1) is 116. The fraction of sp³-hybridized carbons (Fsp3) is 0.576. The molecule has 24 N–H and O–H groups in total. The number of aliphatic carboxylic acids is 1. The number of nitrogens with two attached hydrogens (primary N) is 2. The standard InChI is InChI=1S/C99H144N18O24/c1-54(2)45-73(108-62(10)120)89(134)114-80(61(9)119)93(138)111-75(47-64-29-22-21-23-30-64)91(136)116-98(12)44-27-20-18-16-14-15-17-19-26-43-97(11,94(139)107-60(8)86(131)106-59(7)85(130)105-58(6)84(129)104-57(5)82(127)81(126)56(4)102-51-55(3)83(101)128)115-87(132)66(46-63-31-28-32-63)49-77(122)71(39-41-78(100)123)109-90(135)76(53-118)113-96(141)99(13,50-67-52-103-70-34-25-24-33-69(67)70)117-92(137)74(48-65-35-37-68(121)38-36-65)110-88(133)72(112-95(98)140)40-42-79(124)125/h15,17,21-25,29-30,33-38,52,54-61,63,66,71-76,80,102-103,118-119,121H,14,16,18-20,26-28,31-32,39-51,53H2,1-13H3,(H2,100,123)(H2,101,128)(H,104,129)(H,105,130)(H,106,131)(H,107,139)(H,108,120)(H,109,135)(H,110,133)(H,111,138)(H,112,140)(H,113,141)(H,114,134)(H,115,132)(H,116,136)(H,117,137)(H,124,125)/b17-15+/t55-,56?,57-,58-,59-,60-,61+,66+,71-,72-,73-,74-,75-,76-,80-,97-,98+,99-/m0/s1. The third-order valence-electron chi connectivity index (χ3n) is 25.3. The molecule has 1 saturated carbocycles. The smallest absolute Gasteiger partial charge is 0.303 e. The van der Waals surface area contributed by atoms with Crippen molar-refractivity contribution in [1.82, 2.24) is 84.7 Å². The summed E-state index contributed by atoms with van der Waals surface area (Å²) in [5.74, 6) is -21.7. The van der Waals surface area contributed by atoms with Crippen molar-refractivity contribution in [3.05, 3.63) is 114 Å². The number of phenolic OH excluding ortho intramolecular Hbond substituents is 1. The number of fused-ring (bicyclic) bond motifs is 1. The molecule has 4 aromatic rings. The summed E-state index contributed by atoms with van der Waals surface area (Å²) in [5.41, 5.74) is 6.44. The number of carboxylic acid groups (broad SMARTS) is 1. The first-order valence-corrected chi connectivity index (χ1v) is 48.1. The lowest BCUT2D eigenvalue weighted by atomic mass is 9.77. The number of nitrogens with one attached hydrogen (secondary N) is 16. The lowest BCUT2D eigenvalue weighted by molar-refractivity contribution is -0.140. The SMILES string of the molecule is CC(=O)N[C@@H](CC(C)C)C(=O)N[C@H](C(=O)N[C@@H](Cc1ccccc1)C(=O)N[C@]1(C)CCCCCC/C=C/CCC[C@@](C)(C(=O)N[C@@H](C)C(=O)N[C@@H](C)C(=O)N[C@@H](C)C(=O)N[C@@H](C)C(=O)C(=O)C(C)NC[C@H](C)C(N)=O)NC(=O)[C@H](CC2CCC2)CC(=O)[C@H](CCC(N)=O)NC(=O)[C@H](CO)NC(=O)[C@](C)(Cc2c[nH]c3ccccc23)NC(=O)[C@H](Cc2ccc(O)cc2)NC(=O)[C@H](CCC(=O)O)NC1=O)[C@@H](C)O. The monoisotopic (exact) mass is 1970 g/mol. The van der Waals surface area contributed by atoms with Gasteiger partial charge in [0.05, 0.1) is 30.8 Å². The van der Waals surface area contributed by atoms with E-state index in [2.05, 4.69) is 84.7 Å². The van der Waals surface area contributed by atoms with E-state index in [0.29, 0.717) is 60.6 Å². The minimum Gasteiger partial charge on any atom is -0.508 e. The number of ketones is 3. The highest BCUT2D eigenvalue weighted by Crippen LogP contribution is 2.35. The van der Waals surface area contributed by atoms with Crippen molar-refractivity contribution in [3.63, 3.8) is 0 Å². The van der Waals surface area contributed by atoms with Gasteiger partial charge in [-0.1, -0.05) is 132 Å². The third kappa shape index (κ3) is 37.3. The summed E-state index contributed by atoms with van der Waals surface area (Å²) < 4.78 is 0. The minimum atomic E-state index is -2.25. The summed E-state index contributed by atoms with van der Waals surface area (Å²) in [6.07, 6.45) is 3.79. The Morgan fingerprint density at radius 1 is 0.532 bits per heavy atom. The van der Waals surface area contributed by atoms with Gasteiger partial charge in [0, 0.05) is 80.9 Å². The van der Waals surface area contributed by atoms with E-state index < -0.39 is 276 Å². The number of hydrogen-bond acceptors (Lipinski definition) is 24. The van der Waals surface area contributed by atoms with Crippen LogP contribution in [-0.2, 0) is 115 Å². The van der Waals surface area contributed by atoms with Gasteiger partial charge in [0.1, 0.15) is 76.7 Å². The topological polar surface area (TPSA) is 671 Å². The van der Waals surface area contributed by atoms with E-state index in [9.17, 15) is 78.0 Å². The number of para-hydroxylation sites is 1. The predicted octanol–water partition coefficient (Wildman–Crippen LogP) is 0.592. The van der Waals surface area contributed by atoms with Crippen LogP contribution in [0.15, 0.2) is 97.2 Å². The number of rotatable bonds is 40. The van der Waals surface area contributed by atoms with Crippen molar-refractivity contribution < 1.29 is 116 Å². The first-order chi connectivity index (χ1) is 66.4. The molecule has 0 saturated heterocycles. The Hall–Kier alpha value is -13.4. The van der Waals surface area contributed by atoms with Crippen molar-refractivity contribution in [3.8, 4) is 5.75 Å². The van der Waals surface area contributed by atoms with E-state index in [1.165, 1.54) is 100 Å². The van der Waals surface area contributed by atoms with Gasteiger partial charge in [-0.15, -0.1) is 0 Å². The first-order valence-electron chi connectivity index (χ1n) is 48.1. The highest BCUT2D eigenvalue weighted by molar-refractivity contribution is 6.41. The highest BCUT2D eigenvalue weighted by Gasteiger charge is 2.46. The lowest BCUT2D eigenvalue weighted by Gasteiger charge is -2.35. The molecule has 0 spiro atoms. The number of carboxylic acids is 1. The van der Waals surface area contributed by atoms with Gasteiger partial charge in [0.2, 0.25) is 106 Å². The molecule has 18 atom stereocenters. The molecular formula is C99H144N18O24. The Morgan fingerprint density at radius 2 is 1.11 bits per heavy atom. The number of carbonyl (C=O) groups excluding carboxylic acids is 19. The normalized spacial score (nSPS) is 22.9. The zero-order chi connectivity index (χ0) is 105. The number of aromatic nitrogens is 1. The van der Waals surface area contributed by atoms with Crippen LogP contribution in [0.5, 0.6) is 5.75 Å². The van der Waals surface area contributed by atoms with Gasteiger partial charge >= 0.3 is 5.97 Å². The van der Waals surface area contributed by atoms with Crippen LogP contribution in [0.25, 0.3) is 10.9 Å². The number of amides is 16. The van der Waals surface area contributed by atoms with Crippen LogP contribution in [0, 0.1) is 23.7 Å². The molecule has 2 aliphatic rings. The van der Waals surface area contributed by atoms with Gasteiger partial charge in [0.15, 0.2) is 5.78 Å². The van der Waals surface area contributed by atoms with Gasteiger partial charge in [-0.25, -0.2) is 0 Å². The Labute approximate surface area is 820 Å². The summed E-state index contributed by atoms with van der Waals surface area (Å²) in [7, 11) is 0. The maximum absolute atomic E-state index is 15.6. The Bertz CT molecular complexity index is 5100. The van der Waals surface area contributed by atoms with Crippen LogP contribution in [0.4, 0.5) is 0 Å². The molecule has 141 heavy (non-hydrogen) atoms. The maximum atomic E-state index is 15.6. The summed E-state index contributed by atoms with van der Waals surface area (Å²) >= 11 is 0. The van der Waals surface area contributed by atoms with Crippen LogP contribution < -0.4 is 91.2 Å². The number of hydrogen-bond donors (Lipinski definition) is 22. The molecule has 1 unspecified atom stereocenters. The fourth-order valence-electron chi connectivity index (χ4n) is 16.2. The van der Waals surface area contributed by atoms with Crippen molar-refractivity contribution in [2.24, 2.45) is 35.1 Å². The zero-order valence-electron chi connectivity index (χ0n) is 82.6. The summed E-state index contributed by atoms with van der Waals surface area (Å²) in [4.78, 5) is 285. The molecule has 774 valence electrons. The van der Waals surface area contributed by atoms with Gasteiger partial charge < -0.3 is 117 Å². The molecule has 0 radical (unpaired) electrons. The number of benzene rings is 3. The van der Waals surface area contributed by atoms with E-state index >= 15 is 38.4 Å². The average molecular weight is 1970 g/mol. The second-order valence-electron chi connectivity index (χ2n) is 38.3. The molecule has 16 amide bonds. The third-order valence-corrected chi connectivity index (χ3v) is 25.3. The number of primary amides is 2. The number of H-pyrrole nitrogens is 1. The summed E-state index contributed by atoms with van der Waals surface area (Å²) in [5, 5.41) is 82.7. The average Bonchev–Trinajstić information content (AvgIpc) is 1.68. The van der Waals surface area contributed by atoms with Crippen molar-refractivity contribution in [1.29, 1.82) is 0 Å². The van der Waals surface area contributed by atoms with Crippen molar-refractivity contribution in [2.75, 3.05) is 13.2 Å². The minimum absolute atomic E-state index is 0.00885. The number of aromatic hydroxyl groups is 1. The van der Waals surface area contributed by atoms with Crippen LogP contribution in [0.3, 0.4) is 0 Å². The Morgan fingerprint density at radius 3 is 1.70 bits per heavy atom. The Balaban J connectivity index is 1.41. The number of allylic oxidation sites excluding steroid dienone is 2. The van der Waals surface area contributed by atoms with Crippen LogP contribution >= 0.6 is 0 Å². The number of Topliss-reactive ketones (excluding diaryl/α,β-unsaturated/α-hetero) is 3. The molecule has 42 heteroatoms. The molecule has 1 aliphatic carbocycles. The fourth-order valence-corrected chi connectivity index (χ4v) is 16.2. The molecule has 6 rings (SSSR count). The van der Waals surface area contributed by atoms with Crippen molar-refractivity contribution in [2.45, 2.75) is 326 Å². The molecule has 2 heterocycles. The predicted molar refractivity (Wildman–Crippen MR) is 518 cm³/mol. The second kappa shape index (κ2) is 55.6. The van der Waals surface area contributed by atoms with Crippen molar-refractivity contribution >= 4 is 129 Å². The van der Waals surface area contributed by atoms with E-state index in [1.807, 2.05) is 12.2 Å². The maximum Gasteiger partial charge on any atom is 0.303 e. The van der Waals surface area contributed by atoms with Gasteiger partial charge in [-0.3, -0.25) is 95.9 Å². The second-order valence-corrected chi connectivity index (χ2v) is 38.3. The van der Waals surface area contributed by atoms with Crippen LogP contribution in [0.1, 0.15) is 229 Å². The Kier molecular flexibility index (Phi) is 45.8. The van der Waals surface area contributed by atoms with E-state index in [1.54, 1.807) is 74.6 Å². The quantitative estimate of drug-likeness (QED) is 0.0214. The van der Waals surface area contributed by atoms with E-state index in [-0.39, 0.29) is 81.1 Å². The number of aliphatic hydroxyl groups is 2. The van der Waals surface area contributed by atoms with E-state index in [4.69, 9.17) is 11.5 Å². The van der Waals surface area contributed by atoms with Crippen LogP contribution in [-0.4, -0.2) is 252 Å². The lowest BCUT2D eigenvalue weighted by Crippen LogP contribution is -2.66.